The molecule has 1 aliphatic heterocycles. The highest BCUT2D eigenvalue weighted by molar-refractivity contribution is 7.09. The molecule has 0 bridgehead atoms. The van der Waals surface area contributed by atoms with Crippen molar-refractivity contribution < 1.29 is 9.90 Å². The summed E-state index contributed by atoms with van der Waals surface area (Å²) in [5.41, 5.74) is 1.93. The first-order valence-corrected chi connectivity index (χ1v) is 9.58. The lowest BCUT2D eigenvalue weighted by Gasteiger charge is -2.36. The standard InChI is InChI=1S/C19H21ClN2O2S/c1-13-21-17(12-25-13)6-7-19(24)22-9-8-18(23)15(11-22)10-14-2-4-16(20)5-3-14/h2-7,12,15,18,23H,8-11H2,1H3/b7-6+/t15-,18-/m1/s1. The van der Waals surface area contributed by atoms with E-state index in [1.54, 1.807) is 23.5 Å². The molecule has 25 heavy (non-hydrogen) atoms. The number of aliphatic hydroxyl groups excluding tert-OH is 1. The zero-order chi connectivity index (χ0) is 17.8. The maximum absolute atomic E-state index is 12.4. The topological polar surface area (TPSA) is 53.4 Å². The van der Waals surface area contributed by atoms with Crippen molar-refractivity contribution in [2.24, 2.45) is 5.92 Å². The van der Waals surface area contributed by atoms with E-state index < -0.39 is 0 Å². The van der Waals surface area contributed by atoms with Gasteiger partial charge in [0.05, 0.1) is 16.8 Å². The second-order valence-electron chi connectivity index (χ2n) is 6.36. The van der Waals surface area contributed by atoms with E-state index in [1.807, 2.05) is 41.5 Å². The van der Waals surface area contributed by atoms with Gasteiger partial charge in [-0.15, -0.1) is 11.3 Å². The van der Waals surface area contributed by atoms with Crippen LogP contribution in [0.2, 0.25) is 5.02 Å². The van der Waals surface area contributed by atoms with E-state index in [0.717, 1.165) is 22.7 Å². The van der Waals surface area contributed by atoms with Gasteiger partial charge >= 0.3 is 0 Å². The minimum Gasteiger partial charge on any atom is -0.393 e. The molecule has 0 unspecified atom stereocenters. The summed E-state index contributed by atoms with van der Waals surface area (Å²) in [6.07, 6.45) is 4.28. The predicted molar refractivity (Wildman–Crippen MR) is 102 cm³/mol. The number of aliphatic hydroxyl groups is 1. The Morgan fingerprint density at radius 3 is 2.88 bits per heavy atom. The molecule has 1 fully saturated rings. The molecule has 2 aromatic rings. The van der Waals surface area contributed by atoms with Crippen LogP contribution < -0.4 is 0 Å². The SMILES string of the molecule is Cc1nc(/C=C/C(=O)N2CC[C@@H](O)[C@H](Cc3ccc(Cl)cc3)C2)cs1. The number of carbonyl (C=O) groups is 1. The van der Waals surface area contributed by atoms with Crippen LogP contribution >= 0.6 is 22.9 Å². The number of aromatic nitrogens is 1. The fourth-order valence-electron chi connectivity index (χ4n) is 3.06. The highest BCUT2D eigenvalue weighted by Crippen LogP contribution is 2.23. The van der Waals surface area contributed by atoms with Crippen molar-refractivity contribution in [2.75, 3.05) is 13.1 Å². The van der Waals surface area contributed by atoms with E-state index in [9.17, 15) is 9.90 Å². The average molecular weight is 377 g/mol. The molecule has 1 N–H and O–H groups in total. The number of rotatable bonds is 4. The first-order valence-electron chi connectivity index (χ1n) is 8.33. The summed E-state index contributed by atoms with van der Waals surface area (Å²) in [6.45, 7) is 3.08. The van der Waals surface area contributed by atoms with Gasteiger partial charge in [0, 0.05) is 35.5 Å². The number of halogens is 1. The fourth-order valence-corrected chi connectivity index (χ4v) is 3.77. The van der Waals surface area contributed by atoms with Crippen LogP contribution in [0.4, 0.5) is 0 Å². The Kier molecular flexibility index (Phi) is 5.89. The van der Waals surface area contributed by atoms with Gasteiger partial charge in [0.1, 0.15) is 0 Å². The summed E-state index contributed by atoms with van der Waals surface area (Å²) < 4.78 is 0. The van der Waals surface area contributed by atoms with E-state index in [4.69, 9.17) is 11.6 Å². The molecule has 0 saturated carbocycles. The van der Waals surface area contributed by atoms with Crippen LogP contribution in [0.3, 0.4) is 0 Å². The van der Waals surface area contributed by atoms with Gasteiger partial charge in [0.15, 0.2) is 0 Å². The average Bonchev–Trinajstić information content (AvgIpc) is 3.02. The van der Waals surface area contributed by atoms with Crippen LogP contribution in [-0.2, 0) is 11.2 Å². The van der Waals surface area contributed by atoms with Crippen molar-refractivity contribution in [1.82, 2.24) is 9.88 Å². The highest BCUT2D eigenvalue weighted by atomic mass is 35.5. The molecule has 0 aliphatic carbocycles. The number of carbonyl (C=O) groups excluding carboxylic acids is 1. The van der Waals surface area contributed by atoms with Gasteiger partial charge < -0.3 is 10.0 Å². The van der Waals surface area contributed by atoms with E-state index in [-0.39, 0.29) is 17.9 Å². The maximum Gasteiger partial charge on any atom is 0.246 e. The first-order chi connectivity index (χ1) is 12.0. The molecule has 1 aromatic carbocycles. The molecule has 1 amide bonds. The molecule has 1 aliphatic rings. The summed E-state index contributed by atoms with van der Waals surface area (Å²) in [5, 5.41) is 13.9. The number of hydrogen-bond donors (Lipinski definition) is 1. The zero-order valence-electron chi connectivity index (χ0n) is 14.1. The van der Waals surface area contributed by atoms with Crippen molar-refractivity contribution in [3.8, 4) is 0 Å². The van der Waals surface area contributed by atoms with Crippen molar-refractivity contribution in [3.63, 3.8) is 0 Å². The lowest BCUT2D eigenvalue weighted by molar-refractivity contribution is -0.129. The Morgan fingerprint density at radius 1 is 1.44 bits per heavy atom. The fraction of sp³-hybridized carbons (Fsp3) is 0.368. The second kappa shape index (κ2) is 8.13. The Labute approximate surface area is 156 Å². The molecule has 0 spiro atoms. The van der Waals surface area contributed by atoms with Crippen LogP contribution in [0.1, 0.15) is 22.7 Å². The van der Waals surface area contributed by atoms with Crippen molar-refractivity contribution in [1.29, 1.82) is 0 Å². The summed E-state index contributed by atoms with van der Waals surface area (Å²) in [5.74, 6) is 0.00690. The third-order valence-corrected chi connectivity index (χ3v) is 5.49. The quantitative estimate of drug-likeness (QED) is 0.830. The molecule has 1 aromatic heterocycles. The number of piperidine rings is 1. The Morgan fingerprint density at radius 2 is 2.20 bits per heavy atom. The van der Waals surface area contributed by atoms with Gasteiger partial charge in [0.2, 0.25) is 5.91 Å². The minimum atomic E-state index is -0.384. The molecule has 0 radical (unpaired) electrons. The maximum atomic E-state index is 12.4. The van der Waals surface area contributed by atoms with Crippen LogP contribution in [-0.4, -0.2) is 40.1 Å². The smallest absolute Gasteiger partial charge is 0.246 e. The van der Waals surface area contributed by atoms with Crippen molar-refractivity contribution >= 4 is 34.9 Å². The molecule has 2 heterocycles. The monoisotopic (exact) mass is 376 g/mol. The lowest BCUT2D eigenvalue weighted by Crippen LogP contribution is -2.46. The molecule has 132 valence electrons. The van der Waals surface area contributed by atoms with E-state index >= 15 is 0 Å². The molecule has 2 atom stereocenters. The summed E-state index contributed by atoms with van der Waals surface area (Å²) in [6, 6.07) is 7.65. The summed E-state index contributed by atoms with van der Waals surface area (Å²) >= 11 is 7.49. The third-order valence-electron chi connectivity index (χ3n) is 4.45. The number of likely N-dealkylation sites (tertiary alicyclic amines) is 1. The minimum absolute atomic E-state index is 0.0290. The number of aryl methyl sites for hydroxylation is 1. The van der Waals surface area contributed by atoms with Crippen LogP contribution in [0.15, 0.2) is 35.7 Å². The molecule has 3 rings (SSSR count). The van der Waals surface area contributed by atoms with E-state index in [2.05, 4.69) is 4.98 Å². The van der Waals surface area contributed by atoms with Crippen molar-refractivity contribution in [3.05, 3.63) is 57.0 Å². The Hall–Kier alpha value is -1.69. The lowest BCUT2D eigenvalue weighted by atomic mass is 9.88. The number of nitrogens with zero attached hydrogens (tertiary/aromatic N) is 2. The number of hydrogen-bond acceptors (Lipinski definition) is 4. The van der Waals surface area contributed by atoms with Crippen LogP contribution in [0, 0.1) is 12.8 Å². The molecule has 1 saturated heterocycles. The number of benzene rings is 1. The van der Waals surface area contributed by atoms with Gasteiger partial charge in [-0.3, -0.25) is 4.79 Å². The van der Waals surface area contributed by atoms with Crippen LogP contribution in [0.25, 0.3) is 6.08 Å². The van der Waals surface area contributed by atoms with Crippen LogP contribution in [0.5, 0.6) is 0 Å². The predicted octanol–water partition coefficient (Wildman–Crippen LogP) is 3.57. The zero-order valence-corrected chi connectivity index (χ0v) is 15.6. The third kappa shape index (κ3) is 4.91. The normalized spacial score (nSPS) is 21.0. The van der Waals surface area contributed by atoms with Crippen molar-refractivity contribution in [2.45, 2.75) is 25.9 Å². The summed E-state index contributed by atoms with van der Waals surface area (Å²) in [7, 11) is 0. The number of thiazole rings is 1. The van der Waals surface area contributed by atoms with Gasteiger partial charge in [0.25, 0.3) is 0 Å². The summed E-state index contributed by atoms with van der Waals surface area (Å²) in [4.78, 5) is 18.6. The first kappa shape index (κ1) is 18.1. The molecular weight excluding hydrogens is 356 g/mol. The van der Waals surface area contributed by atoms with Gasteiger partial charge in [-0.05, 0) is 43.5 Å². The number of amides is 1. The largest absolute Gasteiger partial charge is 0.393 e. The highest BCUT2D eigenvalue weighted by Gasteiger charge is 2.29. The molecule has 4 nitrogen and oxygen atoms in total. The van der Waals surface area contributed by atoms with Gasteiger partial charge in [-0.25, -0.2) is 4.98 Å². The van der Waals surface area contributed by atoms with Gasteiger partial charge in [-0.2, -0.15) is 0 Å². The Balaban J connectivity index is 1.62. The van der Waals surface area contributed by atoms with E-state index in [0.29, 0.717) is 24.5 Å². The van der Waals surface area contributed by atoms with Gasteiger partial charge in [-0.1, -0.05) is 23.7 Å². The molecular formula is C19H21ClN2O2S. The molecule has 6 heteroatoms. The Bertz CT molecular complexity index is 757. The second-order valence-corrected chi connectivity index (χ2v) is 7.85. The van der Waals surface area contributed by atoms with E-state index in [1.165, 1.54) is 0 Å².